The number of rotatable bonds is 4. The van der Waals surface area contributed by atoms with Crippen molar-refractivity contribution in [3.63, 3.8) is 0 Å². The third kappa shape index (κ3) is 3.44. The molecule has 1 saturated heterocycles. The molecule has 1 aliphatic rings. The lowest BCUT2D eigenvalue weighted by Crippen LogP contribution is -2.46. The van der Waals surface area contributed by atoms with E-state index in [1.165, 1.54) is 18.3 Å². The first kappa shape index (κ1) is 15.9. The Labute approximate surface area is 112 Å². The second kappa shape index (κ2) is 6.33. The molecule has 1 heterocycles. The second-order valence-electron chi connectivity index (χ2n) is 4.41. The van der Waals surface area contributed by atoms with Gasteiger partial charge in [-0.25, -0.2) is 12.7 Å². The molecule has 110 valence electrons. The van der Waals surface area contributed by atoms with Crippen LogP contribution >= 0.6 is 0 Å². The summed E-state index contributed by atoms with van der Waals surface area (Å²) in [6.07, 6.45) is 0.805. The number of methoxy groups -OCH3 is 2. The molecule has 1 aliphatic heterocycles. The van der Waals surface area contributed by atoms with E-state index in [0.29, 0.717) is 12.8 Å². The SMILES string of the molecule is COC(=O)C1CCN(S(=O)(=O)C(C)C(=O)OC)CC1. The van der Waals surface area contributed by atoms with Crippen LogP contribution in [0.2, 0.25) is 0 Å². The van der Waals surface area contributed by atoms with Gasteiger partial charge in [-0.05, 0) is 19.8 Å². The van der Waals surface area contributed by atoms with Crippen molar-refractivity contribution in [3.05, 3.63) is 0 Å². The Kier molecular flexibility index (Phi) is 5.30. The molecule has 1 rings (SSSR count). The topological polar surface area (TPSA) is 90.0 Å². The molecule has 1 atom stereocenters. The van der Waals surface area contributed by atoms with Gasteiger partial charge in [0.05, 0.1) is 20.1 Å². The summed E-state index contributed by atoms with van der Waals surface area (Å²) >= 11 is 0. The molecular weight excluding hydrogens is 274 g/mol. The van der Waals surface area contributed by atoms with E-state index >= 15 is 0 Å². The van der Waals surface area contributed by atoms with Crippen molar-refractivity contribution in [1.29, 1.82) is 0 Å². The smallest absolute Gasteiger partial charge is 0.325 e. The highest BCUT2D eigenvalue weighted by Gasteiger charge is 2.37. The average Bonchev–Trinajstić information content (AvgIpc) is 2.44. The molecule has 0 spiro atoms. The Bertz CT molecular complexity index is 438. The molecule has 0 saturated carbocycles. The second-order valence-corrected chi connectivity index (χ2v) is 6.66. The number of piperidine rings is 1. The van der Waals surface area contributed by atoms with Crippen LogP contribution < -0.4 is 0 Å². The fourth-order valence-electron chi connectivity index (χ4n) is 2.02. The summed E-state index contributed by atoms with van der Waals surface area (Å²) in [6, 6.07) is 0. The maximum Gasteiger partial charge on any atom is 0.325 e. The van der Waals surface area contributed by atoms with E-state index in [0.717, 1.165) is 7.11 Å². The monoisotopic (exact) mass is 293 g/mol. The summed E-state index contributed by atoms with van der Waals surface area (Å²) in [6.45, 7) is 1.72. The van der Waals surface area contributed by atoms with Gasteiger partial charge in [0.25, 0.3) is 0 Å². The fraction of sp³-hybridized carbons (Fsp3) is 0.818. The molecule has 8 heteroatoms. The number of carbonyl (C=O) groups excluding carboxylic acids is 2. The Balaban J connectivity index is 2.69. The molecule has 0 amide bonds. The minimum Gasteiger partial charge on any atom is -0.469 e. The van der Waals surface area contributed by atoms with Crippen LogP contribution in [0.1, 0.15) is 19.8 Å². The third-order valence-corrected chi connectivity index (χ3v) is 5.50. The van der Waals surface area contributed by atoms with Crippen molar-refractivity contribution in [1.82, 2.24) is 4.31 Å². The van der Waals surface area contributed by atoms with Crippen LogP contribution in [0.5, 0.6) is 0 Å². The summed E-state index contributed by atoms with van der Waals surface area (Å²) in [5.74, 6) is -1.38. The van der Waals surface area contributed by atoms with E-state index in [1.807, 2.05) is 0 Å². The van der Waals surface area contributed by atoms with Crippen molar-refractivity contribution in [3.8, 4) is 0 Å². The summed E-state index contributed by atoms with van der Waals surface area (Å²) in [7, 11) is -1.26. The number of carbonyl (C=O) groups is 2. The summed E-state index contributed by atoms with van der Waals surface area (Å²) in [5.41, 5.74) is 0. The molecule has 1 fully saturated rings. The first-order valence-electron chi connectivity index (χ1n) is 5.99. The number of nitrogens with zero attached hydrogens (tertiary/aromatic N) is 1. The van der Waals surface area contributed by atoms with Crippen LogP contribution in [0.25, 0.3) is 0 Å². The van der Waals surface area contributed by atoms with Gasteiger partial charge < -0.3 is 9.47 Å². The van der Waals surface area contributed by atoms with Crippen LogP contribution in [0, 0.1) is 5.92 Å². The quantitative estimate of drug-likeness (QED) is 0.665. The highest BCUT2D eigenvalue weighted by molar-refractivity contribution is 7.90. The van der Waals surface area contributed by atoms with E-state index in [9.17, 15) is 18.0 Å². The summed E-state index contributed by atoms with van der Waals surface area (Å²) in [4.78, 5) is 22.7. The van der Waals surface area contributed by atoms with Gasteiger partial charge in [0, 0.05) is 13.1 Å². The van der Waals surface area contributed by atoms with E-state index in [1.54, 1.807) is 0 Å². The van der Waals surface area contributed by atoms with Gasteiger partial charge in [0.2, 0.25) is 10.0 Å². The Morgan fingerprint density at radius 3 is 2.11 bits per heavy atom. The lowest BCUT2D eigenvalue weighted by molar-refractivity contribution is -0.146. The number of hydrogen-bond acceptors (Lipinski definition) is 6. The molecule has 0 N–H and O–H groups in total. The molecule has 0 aromatic carbocycles. The van der Waals surface area contributed by atoms with Crippen molar-refractivity contribution >= 4 is 22.0 Å². The predicted molar refractivity (Wildman–Crippen MR) is 66.7 cm³/mol. The molecule has 0 bridgehead atoms. The minimum absolute atomic E-state index is 0.212. The number of esters is 2. The molecule has 0 radical (unpaired) electrons. The predicted octanol–water partition coefficient (Wildman–Crippen LogP) is -0.237. The standard InChI is InChI=1S/C11H19NO6S/c1-8(10(13)17-2)19(15,16)12-6-4-9(5-7-12)11(14)18-3/h8-9H,4-7H2,1-3H3. The number of ether oxygens (including phenoxy) is 2. The van der Waals surface area contributed by atoms with Crippen LogP contribution in [0.15, 0.2) is 0 Å². The first-order valence-corrected chi connectivity index (χ1v) is 7.49. The molecule has 7 nitrogen and oxygen atoms in total. The van der Waals surface area contributed by atoms with E-state index in [4.69, 9.17) is 0 Å². The fourth-order valence-corrected chi connectivity index (χ4v) is 3.53. The average molecular weight is 293 g/mol. The lowest BCUT2D eigenvalue weighted by Gasteiger charge is -2.31. The van der Waals surface area contributed by atoms with E-state index in [-0.39, 0.29) is 25.0 Å². The first-order chi connectivity index (χ1) is 8.84. The highest BCUT2D eigenvalue weighted by atomic mass is 32.2. The van der Waals surface area contributed by atoms with Crippen molar-refractivity contribution in [2.45, 2.75) is 25.0 Å². The minimum atomic E-state index is -3.72. The van der Waals surface area contributed by atoms with Gasteiger partial charge in [0.15, 0.2) is 5.25 Å². The zero-order valence-corrected chi connectivity index (χ0v) is 12.1. The van der Waals surface area contributed by atoms with Gasteiger partial charge in [-0.2, -0.15) is 0 Å². The maximum absolute atomic E-state index is 12.1. The largest absolute Gasteiger partial charge is 0.469 e. The Morgan fingerprint density at radius 1 is 1.16 bits per heavy atom. The van der Waals surface area contributed by atoms with Crippen molar-refractivity contribution < 1.29 is 27.5 Å². The van der Waals surface area contributed by atoms with Gasteiger partial charge in [-0.1, -0.05) is 0 Å². The van der Waals surface area contributed by atoms with Crippen LogP contribution in [0.4, 0.5) is 0 Å². The third-order valence-electron chi connectivity index (χ3n) is 3.33. The van der Waals surface area contributed by atoms with Crippen molar-refractivity contribution in [2.24, 2.45) is 5.92 Å². The van der Waals surface area contributed by atoms with Crippen LogP contribution in [-0.4, -0.2) is 57.2 Å². The molecule has 1 unspecified atom stereocenters. The van der Waals surface area contributed by atoms with Gasteiger partial charge in [0.1, 0.15) is 0 Å². The molecule has 19 heavy (non-hydrogen) atoms. The van der Waals surface area contributed by atoms with Gasteiger partial charge in [-0.3, -0.25) is 9.59 Å². The van der Waals surface area contributed by atoms with E-state index < -0.39 is 21.2 Å². The zero-order valence-electron chi connectivity index (χ0n) is 11.3. The van der Waals surface area contributed by atoms with Gasteiger partial charge in [-0.15, -0.1) is 0 Å². The number of sulfonamides is 1. The van der Waals surface area contributed by atoms with Gasteiger partial charge >= 0.3 is 11.9 Å². The van der Waals surface area contributed by atoms with Crippen LogP contribution in [0.3, 0.4) is 0 Å². The molecule has 0 aliphatic carbocycles. The zero-order chi connectivity index (χ0) is 14.6. The summed E-state index contributed by atoms with van der Waals surface area (Å²) < 4.78 is 34.6. The highest BCUT2D eigenvalue weighted by Crippen LogP contribution is 2.22. The normalized spacial score (nSPS) is 19.7. The van der Waals surface area contributed by atoms with E-state index in [2.05, 4.69) is 9.47 Å². The number of hydrogen-bond donors (Lipinski definition) is 0. The molecule has 0 aromatic heterocycles. The summed E-state index contributed by atoms with van der Waals surface area (Å²) in [5, 5.41) is -1.23. The van der Waals surface area contributed by atoms with Crippen LogP contribution in [-0.2, 0) is 29.1 Å². The van der Waals surface area contributed by atoms with Crippen molar-refractivity contribution in [2.75, 3.05) is 27.3 Å². The molecule has 0 aromatic rings. The molecular formula is C11H19NO6S. The maximum atomic E-state index is 12.1. The lowest BCUT2D eigenvalue weighted by atomic mass is 9.99. The Morgan fingerprint density at radius 2 is 1.68 bits per heavy atom. The Hall–Kier alpha value is -1.15.